The molecule has 0 spiro atoms. The first kappa shape index (κ1) is 17.5. The summed E-state index contributed by atoms with van der Waals surface area (Å²) < 4.78 is 0. The van der Waals surface area contributed by atoms with Gasteiger partial charge in [-0.25, -0.2) is 0 Å². The standard InChI is InChI=1S/C19H24ClN5/c1-15-5-4-8-22-18(15)14-23-19(21-2)25-11-9-24(10-12-25)17-7-3-6-16(20)13-17/h3-8,13H,9-12,14H2,1-2H3,(H,21,23). The molecule has 3 rings (SSSR count). The molecule has 1 aromatic carbocycles. The van der Waals surface area contributed by atoms with Crippen LogP contribution in [0.4, 0.5) is 5.69 Å². The van der Waals surface area contributed by atoms with E-state index in [9.17, 15) is 0 Å². The van der Waals surface area contributed by atoms with Crippen molar-refractivity contribution in [2.75, 3.05) is 38.1 Å². The number of guanidine groups is 1. The monoisotopic (exact) mass is 357 g/mol. The summed E-state index contributed by atoms with van der Waals surface area (Å²) in [5.74, 6) is 0.927. The average molecular weight is 358 g/mol. The number of anilines is 1. The van der Waals surface area contributed by atoms with Crippen molar-refractivity contribution in [2.45, 2.75) is 13.5 Å². The van der Waals surface area contributed by atoms with E-state index in [1.54, 1.807) is 0 Å². The summed E-state index contributed by atoms with van der Waals surface area (Å²) in [4.78, 5) is 13.5. The zero-order chi connectivity index (χ0) is 17.6. The largest absolute Gasteiger partial charge is 0.368 e. The third kappa shape index (κ3) is 4.42. The minimum absolute atomic E-state index is 0.688. The number of hydrogen-bond donors (Lipinski definition) is 1. The van der Waals surface area contributed by atoms with Gasteiger partial charge in [-0.2, -0.15) is 0 Å². The van der Waals surface area contributed by atoms with Crippen LogP contribution >= 0.6 is 11.6 Å². The zero-order valence-electron chi connectivity index (χ0n) is 14.7. The molecule has 1 fully saturated rings. The van der Waals surface area contributed by atoms with Gasteiger partial charge < -0.3 is 15.1 Å². The lowest BCUT2D eigenvalue weighted by atomic mass is 10.2. The fourth-order valence-electron chi connectivity index (χ4n) is 3.05. The SMILES string of the molecule is CN=C(NCc1ncccc1C)N1CCN(c2cccc(Cl)c2)CC1. The fourth-order valence-corrected chi connectivity index (χ4v) is 3.23. The molecule has 6 heteroatoms. The first-order valence-corrected chi connectivity index (χ1v) is 8.92. The van der Waals surface area contributed by atoms with E-state index < -0.39 is 0 Å². The third-order valence-corrected chi connectivity index (χ3v) is 4.73. The number of pyridine rings is 1. The van der Waals surface area contributed by atoms with Gasteiger partial charge in [-0.05, 0) is 36.8 Å². The Bertz CT molecular complexity index is 738. The van der Waals surface area contributed by atoms with Crippen LogP contribution in [0.15, 0.2) is 47.6 Å². The summed E-state index contributed by atoms with van der Waals surface area (Å²) in [5.41, 5.74) is 3.43. The Morgan fingerprint density at radius 2 is 2.00 bits per heavy atom. The molecule has 1 N–H and O–H groups in total. The molecule has 2 heterocycles. The summed E-state index contributed by atoms with van der Waals surface area (Å²) >= 11 is 6.11. The van der Waals surface area contributed by atoms with Gasteiger partial charge in [0, 0.05) is 50.1 Å². The van der Waals surface area contributed by atoms with E-state index in [0.717, 1.165) is 42.9 Å². The molecule has 5 nitrogen and oxygen atoms in total. The Morgan fingerprint density at radius 1 is 1.20 bits per heavy atom. The van der Waals surface area contributed by atoms with Crippen LogP contribution in [0.2, 0.25) is 5.02 Å². The van der Waals surface area contributed by atoms with Crippen LogP contribution in [-0.4, -0.2) is 49.1 Å². The highest BCUT2D eigenvalue weighted by atomic mass is 35.5. The number of hydrogen-bond acceptors (Lipinski definition) is 3. The van der Waals surface area contributed by atoms with Crippen molar-refractivity contribution in [3.8, 4) is 0 Å². The molecule has 0 aliphatic carbocycles. The van der Waals surface area contributed by atoms with Crippen molar-refractivity contribution in [2.24, 2.45) is 4.99 Å². The van der Waals surface area contributed by atoms with Gasteiger partial charge >= 0.3 is 0 Å². The summed E-state index contributed by atoms with van der Waals surface area (Å²) in [6.45, 7) is 6.51. The van der Waals surface area contributed by atoms with Crippen LogP contribution in [0, 0.1) is 6.92 Å². The van der Waals surface area contributed by atoms with Gasteiger partial charge in [0.15, 0.2) is 5.96 Å². The molecular weight excluding hydrogens is 334 g/mol. The highest BCUT2D eigenvalue weighted by molar-refractivity contribution is 6.30. The maximum Gasteiger partial charge on any atom is 0.194 e. The number of aliphatic imine (C=N–C) groups is 1. The maximum atomic E-state index is 6.11. The summed E-state index contributed by atoms with van der Waals surface area (Å²) in [6, 6.07) is 12.1. The molecule has 1 saturated heterocycles. The highest BCUT2D eigenvalue weighted by Gasteiger charge is 2.20. The highest BCUT2D eigenvalue weighted by Crippen LogP contribution is 2.20. The van der Waals surface area contributed by atoms with Crippen molar-refractivity contribution in [3.05, 3.63) is 58.9 Å². The third-order valence-electron chi connectivity index (χ3n) is 4.50. The number of piperazine rings is 1. The fraction of sp³-hybridized carbons (Fsp3) is 0.368. The molecule has 0 atom stereocenters. The van der Waals surface area contributed by atoms with Gasteiger partial charge in [-0.3, -0.25) is 9.98 Å². The second-order valence-corrected chi connectivity index (χ2v) is 6.56. The number of rotatable bonds is 3. The van der Waals surface area contributed by atoms with Crippen molar-refractivity contribution in [1.82, 2.24) is 15.2 Å². The minimum atomic E-state index is 0.688. The number of nitrogens with zero attached hydrogens (tertiary/aromatic N) is 4. The molecule has 1 aliphatic rings. The van der Waals surface area contributed by atoms with Gasteiger partial charge in [0.2, 0.25) is 0 Å². The first-order chi connectivity index (χ1) is 12.2. The van der Waals surface area contributed by atoms with Gasteiger partial charge in [-0.15, -0.1) is 0 Å². The smallest absolute Gasteiger partial charge is 0.194 e. The topological polar surface area (TPSA) is 43.8 Å². The molecule has 0 radical (unpaired) electrons. The van der Waals surface area contributed by atoms with Crippen LogP contribution < -0.4 is 10.2 Å². The lowest BCUT2D eigenvalue weighted by Gasteiger charge is -2.37. The second-order valence-electron chi connectivity index (χ2n) is 6.12. The molecule has 0 amide bonds. The predicted molar refractivity (Wildman–Crippen MR) is 104 cm³/mol. The number of benzene rings is 1. The average Bonchev–Trinajstić information content (AvgIpc) is 2.64. The van der Waals surface area contributed by atoms with Gasteiger partial charge in [0.25, 0.3) is 0 Å². The number of aromatic nitrogens is 1. The van der Waals surface area contributed by atoms with Crippen LogP contribution in [0.1, 0.15) is 11.3 Å². The summed E-state index contributed by atoms with van der Waals surface area (Å²) in [5, 5.41) is 4.21. The van der Waals surface area contributed by atoms with E-state index in [1.807, 2.05) is 37.5 Å². The molecule has 0 unspecified atom stereocenters. The predicted octanol–water partition coefficient (Wildman–Crippen LogP) is 2.94. The molecular formula is C19H24ClN5. The van der Waals surface area contributed by atoms with Crippen LogP contribution in [0.5, 0.6) is 0 Å². The summed E-state index contributed by atoms with van der Waals surface area (Å²) in [6.07, 6.45) is 1.83. The van der Waals surface area contributed by atoms with Crippen LogP contribution in [0.3, 0.4) is 0 Å². The van der Waals surface area contributed by atoms with Crippen LogP contribution in [0.25, 0.3) is 0 Å². The Morgan fingerprint density at radius 3 is 2.68 bits per heavy atom. The number of nitrogens with one attached hydrogen (secondary N) is 1. The molecule has 0 saturated carbocycles. The van der Waals surface area contributed by atoms with Gasteiger partial charge in [0.1, 0.15) is 0 Å². The van der Waals surface area contributed by atoms with Gasteiger partial charge in [0.05, 0.1) is 12.2 Å². The van der Waals surface area contributed by atoms with E-state index in [0.29, 0.717) is 6.54 Å². The lowest BCUT2D eigenvalue weighted by Crippen LogP contribution is -2.52. The molecule has 1 aliphatic heterocycles. The Labute approximate surface area is 154 Å². The van der Waals surface area contributed by atoms with E-state index in [1.165, 1.54) is 11.3 Å². The Kier molecular flexibility index (Phi) is 5.76. The van der Waals surface area contributed by atoms with E-state index in [4.69, 9.17) is 11.6 Å². The van der Waals surface area contributed by atoms with Crippen LogP contribution in [-0.2, 0) is 6.54 Å². The normalized spacial score (nSPS) is 15.4. The van der Waals surface area contributed by atoms with Crippen molar-refractivity contribution >= 4 is 23.2 Å². The molecule has 132 valence electrons. The molecule has 0 bridgehead atoms. The second kappa shape index (κ2) is 8.21. The summed E-state index contributed by atoms with van der Waals surface area (Å²) in [7, 11) is 1.83. The van der Waals surface area contributed by atoms with E-state index >= 15 is 0 Å². The Balaban J connectivity index is 1.56. The minimum Gasteiger partial charge on any atom is -0.368 e. The maximum absolute atomic E-state index is 6.11. The zero-order valence-corrected chi connectivity index (χ0v) is 15.5. The molecule has 25 heavy (non-hydrogen) atoms. The van der Waals surface area contributed by atoms with E-state index in [2.05, 4.69) is 44.1 Å². The van der Waals surface area contributed by atoms with Crippen molar-refractivity contribution in [1.29, 1.82) is 0 Å². The van der Waals surface area contributed by atoms with Gasteiger partial charge in [-0.1, -0.05) is 23.7 Å². The lowest BCUT2D eigenvalue weighted by molar-refractivity contribution is 0.372. The Hall–Kier alpha value is -2.27. The van der Waals surface area contributed by atoms with Crippen molar-refractivity contribution < 1.29 is 0 Å². The molecule has 2 aromatic rings. The quantitative estimate of drug-likeness (QED) is 0.677. The number of aryl methyl sites for hydroxylation is 1. The number of halogens is 1. The van der Waals surface area contributed by atoms with Crippen molar-refractivity contribution in [3.63, 3.8) is 0 Å². The van der Waals surface area contributed by atoms with E-state index in [-0.39, 0.29) is 0 Å². The molecule has 1 aromatic heterocycles. The first-order valence-electron chi connectivity index (χ1n) is 8.54.